The molecule has 2 aliphatic heterocycles. The summed E-state index contributed by atoms with van der Waals surface area (Å²) in [5.74, 6) is -1.08. The molecule has 0 atom stereocenters. The Bertz CT molecular complexity index is 1040. The zero-order chi connectivity index (χ0) is 21.3. The molecule has 2 aromatic carbocycles. The van der Waals surface area contributed by atoms with Crippen LogP contribution in [0.1, 0.15) is 50.8 Å². The predicted octanol–water partition coefficient (Wildman–Crippen LogP) is 2.22. The molecule has 4 amide bonds. The van der Waals surface area contributed by atoms with Crippen LogP contribution in [0.3, 0.4) is 0 Å². The van der Waals surface area contributed by atoms with Crippen LogP contribution in [-0.2, 0) is 4.79 Å². The average Bonchev–Trinajstić information content (AvgIpc) is 3.29. The number of hydrogen-bond donors (Lipinski definition) is 1. The highest BCUT2D eigenvalue weighted by molar-refractivity contribution is 6.22. The van der Waals surface area contributed by atoms with Crippen molar-refractivity contribution < 1.29 is 19.2 Å². The number of hydrogen-bond acceptors (Lipinski definition) is 5. The molecule has 2 aromatic rings. The number of rotatable bonds is 5. The molecule has 0 aromatic heterocycles. The van der Waals surface area contributed by atoms with E-state index in [2.05, 4.69) is 10.5 Å². The summed E-state index contributed by atoms with van der Waals surface area (Å²) in [5, 5.41) is 4.01. The number of nitrogens with zero attached hydrogens (tertiary/aromatic N) is 3. The van der Waals surface area contributed by atoms with Gasteiger partial charge in [0.1, 0.15) is 0 Å². The maximum atomic E-state index is 12.4. The highest BCUT2D eigenvalue weighted by Gasteiger charge is 2.35. The van der Waals surface area contributed by atoms with Crippen LogP contribution in [0.5, 0.6) is 0 Å². The lowest BCUT2D eigenvalue weighted by Gasteiger charge is -2.15. The van der Waals surface area contributed by atoms with Gasteiger partial charge in [0.25, 0.3) is 17.7 Å². The van der Waals surface area contributed by atoms with Crippen molar-refractivity contribution in [1.82, 2.24) is 10.3 Å². The Morgan fingerprint density at radius 2 is 1.63 bits per heavy atom. The Labute approximate surface area is 173 Å². The largest absolute Gasteiger partial charge is 0.312 e. The van der Waals surface area contributed by atoms with Crippen LogP contribution in [0.15, 0.2) is 53.6 Å². The van der Waals surface area contributed by atoms with Gasteiger partial charge in [-0.15, -0.1) is 0 Å². The summed E-state index contributed by atoms with van der Waals surface area (Å²) in [5.41, 5.74) is 4.75. The Hall–Kier alpha value is -3.81. The lowest BCUT2D eigenvalue weighted by atomic mass is 10.1. The third-order valence-corrected chi connectivity index (χ3v) is 5.13. The number of benzene rings is 2. The van der Waals surface area contributed by atoms with Gasteiger partial charge in [0, 0.05) is 24.2 Å². The third-order valence-electron chi connectivity index (χ3n) is 5.13. The summed E-state index contributed by atoms with van der Waals surface area (Å²) >= 11 is 0. The van der Waals surface area contributed by atoms with Crippen molar-refractivity contribution in [2.75, 3.05) is 18.0 Å². The predicted molar refractivity (Wildman–Crippen MR) is 110 cm³/mol. The first-order valence-corrected chi connectivity index (χ1v) is 9.65. The number of imide groups is 1. The zero-order valence-electron chi connectivity index (χ0n) is 16.4. The molecule has 4 rings (SSSR count). The number of anilines is 1. The fourth-order valence-electron chi connectivity index (χ4n) is 3.57. The van der Waals surface area contributed by atoms with Crippen LogP contribution in [0, 0.1) is 0 Å². The van der Waals surface area contributed by atoms with Gasteiger partial charge in [-0.05, 0) is 49.7 Å². The molecule has 8 heteroatoms. The number of amides is 4. The highest BCUT2D eigenvalue weighted by Crippen LogP contribution is 2.23. The van der Waals surface area contributed by atoms with E-state index in [4.69, 9.17) is 0 Å². The van der Waals surface area contributed by atoms with Crippen LogP contribution < -0.4 is 10.3 Å². The number of hydrazone groups is 1. The Morgan fingerprint density at radius 1 is 1.00 bits per heavy atom. The third kappa shape index (κ3) is 3.59. The summed E-state index contributed by atoms with van der Waals surface area (Å²) in [6.07, 6.45) is 1.38. The highest BCUT2D eigenvalue weighted by atomic mass is 16.2. The van der Waals surface area contributed by atoms with E-state index in [1.807, 2.05) is 0 Å². The first kappa shape index (κ1) is 19.5. The molecule has 0 spiro atoms. The summed E-state index contributed by atoms with van der Waals surface area (Å²) < 4.78 is 0. The van der Waals surface area contributed by atoms with Crippen molar-refractivity contribution in [2.45, 2.75) is 19.8 Å². The molecule has 0 unspecified atom stereocenters. The summed E-state index contributed by atoms with van der Waals surface area (Å²) in [4.78, 5) is 51.8. The summed E-state index contributed by atoms with van der Waals surface area (Å²) in [7, 11) is 0. The number of carbonyl (C=O) groups excluding carboxylic acids is 4. The minimum absolute atomic E-state index is 0.0113. The molecule has 2 aliphatic rings. The van der Waals surface area contributed by atoms with Crippen LogP contribution in [0.25, 0.3) is 0 Å². The second-order valence-corrected chi connectivity index (χ2v) is 7.23. The van der Waals surface area contributed by atoms with Crippen molar-refractivity contribution in [1.29, 1.82) is 0 Å². The minimum atomic E-state index is -0.420. The molecule has 8 nitrogen and oxygen atoms in total. The van der Waals surface area contributed by atoms with E-state index in [0.29, 0.717) is 35.4 Å². The van der Waals surface area contributed by atoms with Crippen LogP contribution in [0.4, 0.5) is 5.69 Å². The molecule has 1 fully saturated rings. The molecule has 0 radical (unpaired) electrons. The molecular formula is C22H20N4O4. The topological polar surface area (TPSA) is 99.2 Å². The van der Waals surface area contributed by atoms with E-state index in [0.717, 1.165) is 17.0 Å². The second-order valence-electron chi connectivity index (χ2n) is 7.23. The SMILES string of the molecule is CC(CN1C(=O)c2ccccc2C1=O)=NNC(=O)c1ccc(N2CCCC2=O)cc1. The fourth-order valence-corrected chi connectivity index (χ4v) is 3.57. The normalized spacial score (nSPS) is 16.3. The van der Waals surface area contributed by atoms with E-state index in [1.165, 1.54) is 0 Å². The molecule has 2 heterocycles. The van der Waals surface area contributed by atoms with Gasteiger partial charge in [-0.1, -0.05) is 12.1 Å². The molecule has 0 aliphatic carbocycles. The zero-order valence-corrected chi connectivity index (χ0v) is 16.4. The average molecular weight is 404 g/mol. The molecular weight excluding hydrogens is 384 g/mol. The van der Waals surface area contributed by atoms with Crippen LogP contribution >= 0.6 is 0 Å². The Balaban J connectivity index is 1.38. The van der Waals surface area contributed by atoms with Gasteiger partial charge in [0.2, 0.25) is 5.91 Å². The van der Waals surface area contributed by atoms with Crippen molar-refractivity contribution in [2.24, 2.45) is 5.10 Å². The number of nitrogens with one attached hydrogen (secondary N) is 1. The quantitative estimate of drug-likeness (QED) is 0.469. The number of carbonyl (C=O) groups is 4. The van der Waals surface area contributed by atoms with Crippen molar-refractivity contribution in [3.63, 3.8) is 0 Å². The first-order chi connectivity index (χ1) is 14.5. The van der Waals surface area contributed by atoms with E-state index in [-0.39, 0.29) is 24.3 Å². The minimum Gasteiger partial charge on any atom is -0.312 e. The number of fused-ring (bicyclic) bond motifs is 1. The molecule has 0 saturated carbocycles. The summed E-state index contributed by atoms with van der Waals surface area (Å²) in [6, 6.07) is 13.4. The molecule has 1 saturated heterocycles. The van der Waals surface area contributed by atoms with Crippen LogP contribution in [-0.4, -0.2) is 47.3 Å². The van der Waals surface area contributed by atoms with Gasteiger partial charge in [0.15, 0.2) is 0 Å². The van der Waals surface area contributed by atoms with Gasteiger partial charge in [-0.25, -0.2) is 5.43 Å². The second kappa shape index (κ2) is 7.90. The van der Waals surface area contributed by atoms with Gasteiger partial charge >= 0.3 is 0 Å². The molecule has 0 bridgehead atoms. The first-order valence-electron chi connectivity index (χ1n) is 9.65. The standard InChI is InChI=1S/C22H20N4O4/c1-14(13-26-21(29)17-5-2-3-6-18(17)22(26)30)23-24-20(28)15-8-10-16(11-9-15)25-12-4-7-19(25)27/h2-3,5-6,8-11H,4,7,12-13H2,1H3,(H,24,28). The Morgan fingerprint density at radius 3 is 2.20 bits per heavy atom. The maximum absolute atomic E-state index is 12.4. The van der Waals surface area contributed by atoms with Crippen molar-refractivity contribution in [3.05, 3.63) is 65.2 Å². The maximum Gasteiger partial charge on any atom is 0.271 e. The van der Waals surface area contributed by atoms with E-state index in [9.17, 15) is 19.2 Å². The van der Waals surface area contributed by atoms with Gasteiger partial charge in [0.05, 0.1) is 23.4 Å². The monoisotopic (exact) mass is 404 g/mol. The molecule has 1 N–H and O–H groups in total. The van der Waals surface area contributed by atoms with Gasteiger partial charge in [-0.3, -0.25) is 24.1 Å². The smallest absolute Gasteiger partial charge is 0.271 e. The van der Waals surface area contributed by atoms with Crippen molar-refractivity contribution >= 4 is 35.0 Å². The van der Waals surface area contributed by atoms with Gasteiger partial charge < -0.3 is 4.90 Å². The van der Waals surface area contributed by atoms with Crippen molar-refractivity contribution in [3.8, 4) is 0 Å². The lowest BCUT2D eigenvalue weighted by molar-refractivity contribution is -0.117. The Kier molecular flexibility index (Phi) is 5.14. The molecule has 152 valence electrons. The van der Waals surface area contributed by atoms with E-state index < -0.39 is 5.91 Å². The fraction of sp³-hybridized carbons (Fsp3) is 0.227. The van der Waals surface area contributed by atoms with E-state index in [1.54, 1.807) is 60.4 Å². The van der Waals surface area contributed by atoms with Crippen LogP contribution in [0.2, 0.25) is 0 Å². The van der Waals surface area contributed by atoms with E-state index >= 15 is 0 Å². The lowest BCUT2D eigenvalue weighted by Crippen LogP contribution is -2.35. The molecule has 30 heavy (non-hydrogen) atoms. The van der Waals surface area contributed by atoms with Gasteiger partial charge in [-0.2, -0.15) is 5.10 Å². The summed E-state index contributed by atoms with van der Waals surface area (Å²) in [6.45, 7) is 2.31.